The SMILES string of the molecule is C=C(OCCOCCOCCOC(=O)CCC(=O)ON1C(=O)[C@@H]2[C@H](C1=O)[C@@H]1C=C[C@H]2C1)N1CCN(C(c2ccccc2)(c2ccccc2)c2ccccc2)CC1. The maximum absolute atomic E-state index is 12.7. The average Bonchev–Trinajstić information content (AvgIpc) is 3.93. The van der Waals surface area contributed by atoms with Crippen LogP contribution in [0, 0.1) is 23.7 Å². The summed E-state index contributed by atoms with van der Waals surface area (Å²) in [6, 6.07) is 32.1. The van der Waals surface area contributed by atoms with Crippen molar-refractivity contribution >= 4 is 23.8 Å². The van der Waals surface area contributed by atoms with Gasteiger partial charge in [-0.3, -0.25) is 19.3 Å². The van der Waals surface area contributed by atoms with Crippen LogP contribution < -0.4 is 0 Å². The van der Waals surface area contributed by atoms with E-state index in [1.54, 1.807) is 0 Å². The average molecular weight is 764 g/mol. The highest BCUT2D eigenvalue weighted by atomic mass is 16.7. The van der Waals surface area contributed by atoms with Gasteiger partial charge >= 0.3 is 11.9 Å². The van der Waals surface area contributed by atoms with Crippen molar-refractivity contribution in [2.75, 3.05) is 65.8 Å². The van der Waals surface area contributed by atoms with Crippen molar-refractivity contribution in [3.8, 4) is 0 Å². The van der Waals surface area contributed by atoms with Crippen LogP contribution >= 0.6 is 0 Å². The lowest BCUT2D eigenvalue weighted by atomic mass is 9.75. The van der Waals surface area contributed by atoms with Crippen molar-refractivity contribution in [3.63, 3.8) is 0 Å². The first-order valence-corrected chi connectivity index (χ1v) is 19.4. The number of piperazine rings is 1. The van der Waals surface area contributed by atoms with Gasteiger partial charge in [0, 0.05) is 26.2 Å². The van der Waals surface area contributed by atoms with Crippen molar-refractivity contribution in [2.45, 2.75) is 24.8 Å². The Labute approximate surface area is 327 Å². The van der Waals surface area contributed by atoms with Crippen LogP contribution in [0.3, 0.4) is 0 Å². The Kier molecular flexibility index (Phi) is 12.6. The fourth-order valence-corrected chi connectivity index (χ4v) is 8.61. The molecule has 2 aliphatic heterocycles. The van der Waals surface area contributed by atoms with Crippen molar-refractivity contribution in [2.24, 2.45) is 23.7 Å². The Bertz CT molecular complexity index is 1740. The van der Waals surface area contributed by atoms with E-state index in [-0.39, 0.29) is 37.9 Å². The van der Waals surface area contributed by atoms with Gasteiger partial charge in [0.15, 0.2) is 5.88 Å². The van der Waals surface area contributed by atoms with E-state index in [0.29, 0.717) is 37.4 Å². The summed E-state index contributed by atoms with van der Waals surface area (Å²) in [7, 11) is 0. The topological polar surface area (TPSA) is 124 Å². The van der Waals surface area contributed by atoms with Crippen LogP contribution in [-0.2, 0) is 48.5 Å². The van der Waals surface area contributed by atoms with E-state index in [1.807, 2.05) is 12.2 Å². The van der Waals surface area contributed by atoms with Gasteiger partial charge in [0.25, 0.3) is 11.8 Å². The highest BCUT2D eigenvalue weighted by Crippen LogP contribution is 2.52. The summed E-state index contributed by atoms with van der Waals surface area (Å²) < 4.78 is 22.2. The van der Waals surface area contributed by atoms with E-state index < -0.39 is 41.1 Å². The third-order valence-electron chi connectivity index (χ3n) is 11.2. The van der Waals surface area contributed by atoms with Crippen molar-refractivity contribution in [1.82, 2.24) is 14.9 Å². The fraction of sp³-hybridized carbons (Fsp3) is 0.409. The molecule has 0 N–H and O–H groups in total. The first-order chi connectivity index (χ1) is 27.4. The second kappa shape index (κ2) is 18.1. The molecule has 2 aliphatic carbocycles. The molecule has 56 heavy (non-hydrogen) atoms. The molecular weight excluding hydrogens is 714 g/mol. The second-order valence-corrected chi connectivity index (χ2v) is 14.4. The summed E-state index contributed by atoms with van der Waals surface area (Å²) in [5, 5.41) is 0.588. The summed E-state index contributed by atoms with van der Waals surface area (Å²) in [5.41, 5.74) is 3.22. The molecule has 2 saturated heterocycles. The number of fused-ring (bicyclic) bond motifs is 5. The van der Waals surface area contributed by atoms with Gasteiger partial charge in [-0.25, -0.2) is 4.79 Å². The number of imide groups is 1. The third-order valence-corrected chi connectivity index (χ3v) is 11.2. The number of carbonyl (C=O) groups excluding carboxylic acids is 4. The zero-order chi connectivity index (χ0) is 38.9. The van der Waals surface area contributed by atoms with E-state index in [4.69, 9.17) is 23.8 Å². The lowest BCUT2D eigenvalue weighted by Crippen LogP contribution is -2.56. The molecule has 7 rings (SSSR count). The standard InChI is InChI=1S/C44H49N3O9/c1-32(45-21-23-46(24-22-45)44(35-11-5-2-6-12-35,36-13-7-3-8-14-36)37-15-9-4-10-16-37)54-29-27-52-25-26-53-28-30-55-38(48)19-20-39(49)56-47-42(50)40-33-17-18-34(31-33)41(40)43(47)51/h2-18,33-34,40-41H,1,19-31H2/t33-,34+,40-,41+. The van der Waals surface area contributed by atoms with Gasteiger partial charge in [0.2, 0.25) is 0 Å². The molecule has 2 heterocycles. The van der Waals surface area contributed by atoms with Crippen LogP contribution in [0.25, 0.3) is 0 Å². The van der Waals surface area contributed by atoms with E-state index in [2.05, 4.69) is 107 Å². The van der Waals surface area contributed by atoms with Crippen LogP contribution in [0.1, 0.15) is 36.0 Å². The number of benzene rings is 3. The predicted molar refractivity (Wildman–Crippen MR) is 205 cm³/mol. The van der Waals surface area contributed by atoms with Crippen LogP contribution in [-0.4, -0.2) is 104 Å². The number of hydrogen-bond donors (Lipinski definition) is 0. The first-order valence-electron chi connectivity index (χ1n) is 19.4. The van der Waals surface area contributed by atoms with Crippen molar-refractivity contribution < 1.29 is 43.0 Å². The van der Waals surface area contributed by atoms with Gasteiger partial charge in [-0.1, -0.05) is 103 Å². The van der Waals surface area contributed by atoms with Crippen LogP contribution in [0.5, 0.6) is 0 Å². The molecular formula is C44H49N3O9. The number of amides is 2. The van der Waals surface area contributed by atoms with Gasteiger partial charge in [-0.2, -0.15) is 0 Å². The molecule has 12 nitrogen and oxygen atoms in total. The number of carbonyl (C=O) groups is 4. The summed E-state index contributed by atoms with van der Waals surface area (Å²) in [4.78, 5) is 59.5. The summed E-state index contributed by atoms with van der Waals surface area (Å²) in [6.07, 6.45) is 4.15. The zero-order valence-electron chi connectivity index (χ0n) is 31.5. The Balaban J connectivity index is 0.753. The molecule has 3 aromatic rings. The minimum absolute atomic E-state index is 0.00940. The lowest BCUT2D eigenvalue weighted by molar-refractivity contribution is -0.199. The highest BCUT2D eigenvalue weighted by Gasteiger charge is 2.61. The Hall–Kier alpha value is -5.30. The minimum atomic E-state index is -0.833. The predicted octanol–water partition coefficient (Wildman–Crippen LogP) is 4.71. The molecule has 2 amide bonds. The first kappa shape index (κ1) is 39.0. The quantitative estimate of drug-likeness (QED) is 0.0422. The molecule has 0 aromatic heterocycles. The van der Waals surface area contributed by atoms with Crippen LogP contribution in [0.4, 0.5) is 0 Å². The summed E-state index contributed by atoms with van der Waals surface area (Å²) in [5.74, 6) is -2.67. The van der Waals surface area contributed by atoms with Gasteiger partial charge < -0.3 is 28.7 Å². The maximum atomic E-state index is 12.7. The number of allylic oxidation sites excluding steroid dienone is 2. The van der Waals surface area contributed by atoms with Gasteiger partial charge in [0.1, 0.15) is 13.2 Å². The number of hydroxylamine groups is 2. The molecule has 4 aliphatic rings. The number of esters is 1. The normalized spacial score (nSPS) is 21.6. The van der Waals surface area contributed by atoms with Gasteiger partial charge in [-0.05, 0) is 41.5 Å². The van der Waals surface area contributed by atoms with Gasteiger partial charge in [0.05, 0.1) is 56.6 Å². The molecule has 294 valence electrons. The van der Waals surface area contributed by atoms with E-state index in [9.17, 15) is 19.2 Å². The minimum Gasteiger partial charge on any atom is -0.477 e. The largest absolute Gasteiger partial charge is 0.477 e. The molecule has 2 bridgehead atoms. The number of nitrogens with zero attached hydrogens (tertiary/aromatic N) is 3. The Morgan fingerprint density at radius 3 is 1.55 bits per heavy atom. The van der Waals surface area contributed by atoms with Crippen molar-refractivity contribution in [3.05, 3.63) is 132 Å². The lowest BCUT2D eigenvalue weighted by Gasteiger charge is -2.49. The Morgan fingerprint density at radius 2 is 1.05 bits per heavy atom. The molecule has 0 radical (unpaired) electrons. The van der Waals surface area contributed by atoms with E-state index in [1.165, 1.54) is 16.7 Å². The van der Waals surface area contributed by atoms with Gasteiger partial charge in [-0.15, -0.1) is 5.06 Å². The number of ether oxygens (including phenoxy) is 4. The third kappa shape index (κ3) is 8.28. The molecule has 0 unspecified atom stereocenters. The molecule has 0 spiro atoms. The number of hydrogen-bond acceptors (Lipinski definition) is 11. The fourth-order valence-electron chi connectivity index (χ4n) is 8.61. The van der Waals surface area contributed by atoms with Crippen molar-refractivity contribution in [1.29, 1.82) is 0 Å². The molecule has 3 fully saturated rings. The zero-order valence-corrected chi connectivity index (χ0v) is 31.5. The number of rotatable bonds is 19. The second-order valence-electron chi connectivity index (χ2n) is 14.4. The summed E-state index contributed by atoms with van der Waals surface area (Å²) in [6.45, 7) is 8.85. The molecule has 12 heteroatoms. The highest BCUT2D eigenvalue weighted by molar-refractivity contribution is 6.06. The Morgan fingerprint density at radius 1 is 0.607 bits per heavy atom. The van der Waals surface area contributed by atoms with E-state index in [0.717, 1.165) is 32.6 Å². The molecule has 4 atom stereocenters. The van der Waals surface area contributed by atoms with Crippen LogP contribution in [0.2, 0.25) is 0 Å². The molecule has 1 saturated carbocycles. The van der Waals surface area contributed by atoms with Crippen LogP contribution in [0.15, 0.2) is 116 Å². The smallest absolute Gasteiger partial charge is 0.333 e. The van der Waals surface area contributed by atoms with E-state index >= 15 is 0 Å². The maximum Gasteiger partial charge on any atom is 0.333 e. The summed E-state index contributed by atoms with van der Waals surface area (Å²) >= 11 is 0. The molecule has 3 aromatic carbocycles. The monoisotopic (exact) mass is 763 g/mol.